The highest BCUT2D eigenvalue weighted by molar-refractivity contribution is 6.00. The third kappa shape index (κ3) is 6.23. The van der Waals surface area contributed by atoms with Crippen molar-refractivity contribution in [3.05, 3.63) is 87.5 Å². The Morgan fingerprint density at radius 2 is 1.63 bits per heavy atom. The second-order valence-electron chi connectivity index (χ2n) is 9.90. The summed E-state index contributed by atoms with van der Waals surface area (Å²) in [6.45, 7) is 13.5. The maximum atomic E-state index is 13.1. The second-order valence-corrected chi connectivity index (χ2v) is 9.90. The molecule has 0 saturated heterocycles. The molecule has 0 amide bonds. The summed E-state index contributed by atoms with van der Waals surface area (Å²) in [5.74, 6) is 0.439. The van der Waals surface area contributed by atoms with Gasteiger partial charge in [-0.1, -0.05) is 35.5 Å². The molecule has 1 aliphatic heterocycles. The molecule has 0 radical (unpaired) electrons. The lowest BCUT2D eigenvalue weighted by Crippen LogP contribution is -2.23. The van der Waals surface area contributed by atoms with E-state index in [2.05, 4.69) is 18.7 Å². The Kier molecular flexibility index (Phi) is 8.23. The maximum absolute atomic E-state index is 13.1. The summed E-state index contributed by atoms with van der Waals surface area (Å²) < 4.78 is 6.35. The lowest BCUT2D eigenvalue weighted by atomic mass is 9.89. The van der Waals surface area contributed by atoms with E-state index in [1.807, 2.05) is 39.8 Å². The van der Waals surface area contributed by atoms with Gasteiger partial charge in [0.05, 0.1) is 18.1 Å². The van der Waals surface area contributed by atoms with Gasteiger partial charge in [-0.15, -0.1) is 0 Å². The van der Waals surface area contributed by atoms with Crippen molar-refractivity contribution in [3.8, 4) is 17.2 Å². The lowest BCUT2D eigenvalue weighted by Gasteiger charge is -2.29. The van der Waals surface area contributed by atoms with Crippen molar-refractivity contribution in [1.82, 2.24) is 0 Å². The number of ketones is 1. The van der Waals surface area contributed by atoms with Gasteiger partial charge in [-0.2, -0.15) is 0 Å². The molecule has 0 aromatic heterocycles. The zero-order valence-corrected chi connectivity index (χ0v) is 21.3. The number of phenols is 2. The van der Waals surface area contributed by atoms with Gasteiger partial charge < -0.3 is 20.1 Å². The van der Waals surface area contributed by atoms with E-state index in [0.717, 1.165) is 27.8 Å². The van der Waals surface area contributed by atoms with Gasteiger partial charge in [0.15, 0.2) is 5.78 Å². The number of aliphatic hydroxyl groups is 1. The molecule has 0 unspecified atom stereocenters. The van der Waals surface area contributed by atoms with Crippen LogP contribution in [0.2, 0.25) is 0 Å². The molecule has 35 heavy (non-hydrogen) atoms. The molecular weight excluding hydrogens is 440 g/mol. The van der Waals surface area contributed by atoms with Crippen molar-refractivity contribution in [2.45, 2.75) is 72.5 Å². The molecule has 3 N–H and O–H groups in total. The smallest absolute Gasteiger partial charge is 0.170 e. The first-order valence-corrected chi connectivity index (χ1v) is 12.0. The molecule has 2 aromatic rings. The van der Waals surface area contributed by atoms with Crippen molar-refractivity contribution in [3.63, 3.8) is 0 Å². The van der Waals surface area contributed by atoms with E-state index in [0.29, 0.717) is 35.3 Å². The molecule has 0 bridgehead atoms. The summed E-state index contributed by atoms with van der Waals surface area (Å²) in [6, 6.07) is 6.83. The number of fused-ring (bicyclic) bond motifs is 1. The van der Waals surface area contributed by atoms with Crippen molar-refractivity contribution >= 4 is 5.78 Å². The summed E-state index contributed by atoms with van der Waals surface area (Å²) in [4.78, 5) is 13.1. The van der Waals surface area contributed by atoms with Crippen molar-refractivity contribution < 1.29 is 24.9 Å². The molecule has 0 aliphatic carbocycles. The van der Waals surface area contributed by atoms with Crippen LogP contribution in [0.1, 0.15) is 79.8 Å². The fourth-order valence-electron chi connectivity index (χ4n) is 4.10. The zero-order valence-electron chi connectivity index (χ0n) is 21.3. The minimum atomic E-state index is -0.869. The van der Waals surface area contributed by atoms with Crippen LogP contribution in [-0.4, -0.2) is 27.2 Å². The molecule has 5 heteroatoms. The van der Waals surface area contributed by atoms with E-state index < -0.39 is 12.2 Å². The lowest BCUT2D eigenvalue weighted by molar-refractivity contribution is 0.0844. The Morgan fingerprint density at radius 3 is 2.14 bits per heavy atom. The number of benzene rings is 2. The summed E-state index contributed by atoms with van der Waals surface area (Å²) in [5, 5.41) is 31.9. The number of aliphatic hydroxyl groups excluding tert-OH is 1. The topological polar surface area (TPSA) is 87.0 Å². The maximum Gasteiger partial charge on any atom is 0.170 e. The monoisotopic (exact) mass is 476 g/mol. The molecule has 0 spiro atoms. The number of allylic oxidation sites excluding steroid dienone is 4. The molecule has 5 nitrogen and oxygen atoms in total. The van der Waals surface area contributed by atoms with Crippen LogP contribution in [0, 0.1) is 0 Å². The zero-order chi connectivity index (χ0) is 25.9. The minimum absolute atomic E-state index is 0.0308. The second kappa shape index (κ2) is 11.0. The van der Waals surface area contributed by atoms with Crippen molar-refractivity contribution in [2.24, 2.45) is 0 Å². The van der Waals surface area contributed by atoms with Crippen LogP contribution in [-0.2, 0) is 19.3 Å². The first-order chi connectivity index (χ1) is 16.5. The van der Waals surface area contributed by atoms with Gasteiger partial charge in [-0.25, -0.2) is 0 Å². The van der Waals surface area contributed by atoms with Crippen LogP contribution in [0.4, 0.5) is 0 Å². The van der Waals surface area contributed by atoms with E-state index >= 15 is 0 Å². The summed E-state index contributed by atoms with van der Waals surface area (Å²) in [6.07, 6.45) is 4.05. The van der Waals surface area contributed by atoms with Crippen LogP contribution >= 0.6 is 0 Å². The van der Waals surface area contributed by atoms with Crippen LogP contribution in [0.3, 0.4) is 0 Å². The Bertz CT molecular complexity index is 1150. The number of hydrogen-bond donors (Lipinski definition) is 3. The van der Waals surface area contributed by atoms with Gasteiger partial charge in [-0.05, 0) is 88.4 Å². The Morgan fingerprint density at radius 1 is 1.06 bits per heavy atom. The van der Waals surface area contributed by atoms with Crippen molar-refractivity contribution in [1.29, 1.82) is 0 Å². The summed E-state index contributed by atoms with van der Waals surface area (Å²) in [7, 11) is 0. The Hall–Kier alpha value is -3.31. The number of carbonyl (C=O) groups is 1. The van der Waals surface area contributed by atoms with Gasteiger partial charge in [0.2, 0.25) is 0 Å². The normalized spacial score (nSPS) is 15.6. The molecule has 1 aliphatic rings. The van der Waals surface area contributed by atoms with Crippen molar-refractivity contribution in [2.75, 3.05) is 0 Å². The minimum Gasteiger partial charge on any atom is -0.508 e. The molecule has 186 valence electrons. The highest BCUT2D eigenvalue weighted by atomic mass is 16.5. The molecule has 2 aromatic carbocycles. The quantitative estimate of drug-likeness (QED) is 0.389. The van der Waals surface area contributed by atoms with Crippen LogP contribution in [0.15, 0.2) is 59.7 Å². The molecule has 1 heterocycles. The third-order valence-electron chi connectivity index (χ3n) is 6.26. The van der Waals surface area contributed by atoms with E-state index in [9.17, 15) is 20.1 Å². The highest BCUT2D eigenvalue weighted by Crippen LogP contribution is 2.42. The SMILES string of the molecule is C=C(C)[C@@H](O)Cc1c(O)ccc2c1O[C@H](c1cc(CC=C(C)C)c(O)c(CC=C(C)C)c1)CC2=O. The molecule has 0 fully saturated rings. The Labute approximate surface area is 208 Å². The average Bonchev–Trinajstić information content (AvgIpc) is 2.78. The largest absolute Gasteiger partial charge is 0.508 e. The number of aromatic hydroxyl groups is 2. The van der Waals surface area contributed by atoms with Gasteiger partial charge >= 0.3 is 0 Å². The van der Waals surface area contributed by atoms with Crippen LogP contribution < -0.4 is 4.74 Å². The summed E-state index contributed by atoms with van der Waals surface area (Å²) >= 11 is 0. The Balaban J connectivity index is 2.07. The molecule has 0 saturated carbocycles. The van der Waals surface area contributed by atoms with Gasteiger partial charge in [-0.3, -0.25) is 4.79 Å². The predicted molar refractivity (Wildman–Crippen MR) is 139 cm³/mol. The summed E-state index contributed by atoms with van der Waals surface area (Å²) in [5.41, 5.74) is 6.00. The average molecular weight is 477 g/mol. The number of phenolic OH excluding ortho intramolecular Hbond substituents is 2. The molecular formula is C30H36O5. The van der Waals surface area contributed by atoms with Gasteiger partial charge in [0.1, 0.15) is 23.4 Å². The van der Waals surface area contributed by atoms with Gasteiger partial charge in [0.25, 0.3) is 0 Å². The predicted octanol–water partition coefficient (Wildman–Crippen LogP) is 6.30. The first-order valence-electron chi connectivity index (χ1n) is 12.0. The fraction of sp³-hybridized carbons (Fsp3) is 0.367. The number of hydrogen-bond acceptors (Lipinski definition) is 5. The van der Waals surface area contributed by atoms with Gasteiger partial charge in [0, 0.05) is 12.0 Å². The first kappa shape index (κ1) is 26.3. The number of ether oxygens (including phenoxy) is 1. The van der Waals surface area contributed by atoms with Crippen LogP contribution in [0.25, 0.3) is 0 Å². The van der Waals surface area contributed by atoms with E-state index in [-0.39, 0.29) is 30.1 Å². The van der Waals surface area contributed by atoms with E-state index in [1.54, 1.807) is 13.0 Å². The standard InChI is InChI=1S/C30H36O5/c1-17(2)7-9-20-13-22(14-21(29(20)34)10-8-18(3)4)28-16-27(33)23-11-12-25(31)24(30(23)35-28)15-26(32)19(5)6/h7-8,11-14,26,28,31-32,34H,5,9-10,15-16H2,1-4,6H3/t26-,28-/m0/s1. The molecule has 2 atom stereocenters. The number of Topliss-reactive ketones (excluding diaryl/α,β-unsaturated/α-hetero) is 1. The van der Waals surface area contributed by atoms with E-state index in [4.69, 9.17) is 4.74 Å². The fourth-order valence-corrected chi connectivity index (χ4v) is 4.10. The highest BCUT2D eigenvalue weighted by Gasteiger charge is 2.32. The molecule has 3 rings (SSSR count). The van der Waals surface area contributed by atoms with E-state index in [1.165, 1.54) is 6.07 Å². The number of carbonyl (C=O) groups excluding carboxylic acids is 1. The number of rotatable bonds is 8. The third-order valence-corrected chi connectivity index (χ3v) is 6.26. The van der Waals surface area contributed by atoms with Crippen LogP contribution in [0.5, 0.6) is 17.2 Å².